The van der Waals surface area contributed by atoms with Gasteiger partial charge >= 0.3 is 0 Å². The van der Waals surface area contributed by atoms with Gasteiger partial charge < -0.3 is 9.80 Å². The molecule has 0 aromatic heterocycles. The summed E-state index contributed by atoms with van der Waals surface area (Å²) >= 11 is 0. The Bertz CT molecular complexity index is 279. The van der Waals surface area contributed by atoms with Gasteiger partial charge in [0.2, 0.25) is 5.91 Å². The molecule has 3 nitrogen and oxygen atoms in total. The second-order valence-corrected chi connectivity index (χ2v) is 6.40. The Balaban J connectivity index is 0.00000112. The average Bonchev–Trinajstić information content (AvgIpc) is 2.60. The molecule has 2 fully saturated rings. The van der Waals surface area contributed by atoms with E-state index in [2.05, 4.69) is 23.6 Å². The van der Waals surface area contributed by atoms with Crippen LogP contribution < -0.4 is 0 Å². The molecule has 0 aromatic rings. The van der Waals surface area contributed by atoms with Crippen LogP contribution >= 0.6 is 0 Å². The minimum absolute atomic E-state index is 0.383. The molecule has 0 aromatic carbocycles. The minimum atomic E-state index is 0.383. The van der Waals surface area contributed by atoms with E-state index in [1.807, 2.05) is 27.7 Å². The molecule has 0 N–H and O–H groups in total. The Kier molecular flexibility index (Phi) is 13.5. The van der Waals surface area contributed by atoms with Gasteiger partial charge in [0.15, 0.2) is 0 Å². The van der Waals surface area contributed by atoms with Crippen molar-refractivity contribution in [3.8, 4) is 0 Å². The highest BCUT2D eigenvalue weighted by Crippen LogP contribution is 2.22. The molecule has 0 spiro atoms. The van der Waals surface area contributed by atoms with Crippen molar-refractivity contribution in [2.75, 3.05) is 32.7 Å². The fourth-order valence-corrected chi connectivity index (χ4v) is 3.45. The third kappa shape index (κ3) is 8.19. The first-order valence-electron chi connectivity index (χ1n) is 10.2. The summed E-state index contributed by atoms with van der Waals surface area (Å²) in [7, 11) is 0. The Morgan fingerprint density at radius 2 is 1.52 bits per heavy atom. The second kappa shape index (κ2) is 13.8. The predicted octanol–water partition coefficient (Wildman–Crippen LogP) is 4.81. The van der Waals surface area contributed by atoms with Crippen molar-refractivity contribution in [2.24, 2.45) is 11.8 Å². The van der Waals surface area contributed by atoms with E-state index in [4.69, 9.17) is 0 Å². The van der Waals surface area contributed by atoms with Gasteiger partial charge in [-0.25, -0.2) is 0 Å². The third-order valence-electron chi connectivity index (χ3n) is 4.92. The highest BCUT2D eigenvalue weighted by Gasteiger charge is 2.27. The highest BCUT2D eigenvalue weighted by molar-refractivity contribution is 5.76. The first-order valence-corrected chi connectivity index (χ1v) is 10.2. The maximum absolute atomic E-state index is 12.1. The molecular weight excluding hydrogens is 284 g/mol. The van der Waals surface area contributed by atoms with E-state index in [0.29, 0.717) is 5.91 Å². The zero-order chi connectivity index (χ0) is 17.7. The lowest BCUT2D eigenvalue weighted by atomic mass is 9.94. The number of carbonyl (C=O) groups is 1. The largest absolute Gasteiger partial charge is 0.343 e. The van der Waals surface area contributed by atoms with Crippen LogP contribution in [0.4, 0.5) is 0 Å². The van der Waals surface area contributed by atoms with Crippen LogP contribution in [0.15, 0.2) is 0 Å². The zero-order valence-corrected chi connectivity index (χ0v) is 16.7. The fraction of sp³-hybridized carbons (Fsp3) is 0.950. The maximum Gasteiger partial charge on any atom is 0.223 e. The summed E-state index contributed by atoms with van der Waals surface area (Å²) in [5.74, 6) is 2.14. The summed E-state index contributed by atoms with van der Waals surface area (Å²) in [6.45, 7) is 17.9. The van der Waals surface area contributed by atoms with Gasteiger partial charge in [-0.1, -0.05) is 54.4 Å². The molecule has 0 saturated carbocycles. The summed E-state index contributed by atoms with van der Waals surface area (Å²) in [4.78, 5) is 16.7. The van der Waals surface area contributed by atoms with Crippen LogP contribution in [0.2, 0.25) is 0 Å². The van der Waals surface area contributed by atoms with Crippen molar-refractivity contribution in [3.63, 3.8) is 0 Å². The SMILES string of the molecule is CC.CC.CCCC1CN(CCC(=O)N2CCC(CC)CC2)C1. The van der Waals surface area contributed by atoms with Crippen LogP contribution in [0.5, 0.6) is 0 Å². The van der Waals surface area contributed by atoms with Gasteiger partial charge in [0.25, 0.3) is 0 Å². The van der Waals surface area contributed by atoms with Gasteiger partial charge in [0, 0.05) is 39.1 Å². The molecule has 1 amide bonds. The van der Waals surface area contributed by atoms with Crippen LogP contribution in [0.3, 0.4) is 0 Å². The summed E-state index contributed by atoms with van der Waals surface area (Å²) in [6.07, 6.45) is 7.08. The number of carbonyl (C=O) groups excluding carboxylic acids is 1. The lowest BCUT2D eigenvalue weighted by Crippen LogP contribution is -2.48. The molecule has 2 rings (SSSR count). The molecule has 0 radical (unpaired) electrons. The van der Waals surface area contributed by atoms with Crippen LogP contribution in [-0.4, -0.2) is 48.4 Å². The standard InChI is InChI=1S/C16H30N2O.2C2H6/c1-3-5-15-12-17(13-15)9-8-16(19)18-10-6-14(4-2)7-11-18;2*1-2/h14-15H,3-13H2,1-2H3;2*1-2H3. The van der Waals surface area contributed by atoms with E-state index in [1.54, 1.807) is 0 Å². The van der Waals surface area contributed by atoms with E-state index in [0.717, 1.165) is 37.9 Å². The summed E-state index contributed by atoms with van der Waals surface area (Å²) < 4.78 is 0. The molecule has 2 aliphatic rings. The first kappa shape index (κ1) is 22.4. The number of nitrogens with zero attached hydrogens (tertiary/aromatic N) is 2. The average molecular weight is 327 g/mol. The number of amides is 1. The maximum atomic E-state index is 12.1. The molecular formula is C20H42N2O. The summed E-state index contributed by atoms with van der Waals surface area (Å²) in [6, 6.07) is 0. The lowest BCUT2D eigenvalue weighted by molar-refractivity contribution is -0.133. The lowest BCUT2D eigenvalue weighted by Gasteiger charge is -2.39. The second-order valence-electron chi connectivity index (χ2n) is 6.40. The zero-order valence-electron chi connectivity index (χ0n) is 16.7. The van der Waals surface area contributed by atoms with E-state index < -0.39 is 0 Å². The van der Waals surface area contributed by atoms with E-state index in [-0.39, 0.29) is 0 Å². The fourth-order valence-electron chi connectivity index (χ4n) is 3.45. The molecule has 3 heteroatoms. The normalized spacial score (nSPS) is 19.1. The highest BCUT2D eigenvalue weighted by atomic mass is 16.2. The molecule has 23 heavy (non-hydrogen) atoms. The van der Waals surface area contributed by atoms with Gasteiger partial charge in [0.1, 0.15) is 0 Å². The van der Waals surface area contributed by atoms with Crippen molar-refractivity contribution in [1.29, 1.82) is 0 Å². The monoisotopic (exact) mass is 326 g/mol. The van der Waals surface area contributed by atoms with Crippen molar-refractivity contribution >= 4 is 5.91 Å². The molecule has 138 valence electrons. The van der Waals surface area contributed by atoms with E-state index in [9.17, 15) is 4.79 Å². The Labute approximate surface area is 145 Å². The number of likely N-dealkylation sites (tertiary alicyclic amines) is 2. The predicted molar refractivity (Wildman–Crippen MR) is 102 cm³/mol. The molecule has 0 aliphatic carbocycles. The van der Waals surface area contributed by atoms with Gasteiger partial charge in [-0.15, -0.1) is 0 Å². The molecule has 2 heterocycles. The van der Waals surface area contributed by atoms with Crippen LogP contribution in [-0.2, 0) is 4.79 Å². The van der Waals surface area contributed by atoms with Crippen molar-refractivity contribution in [2.45, 2.75) is 80.1 Å². The summed E-state index contributed by atoms with van der Waals surface area (Å²) in [5, 5.41) is 0. The first-order chi connectivity index (χ1) is 11.2. The number of piperidine rings is 1. The summed E-state index contributed by atoms with van der Waals surface area (Å²) in [5.41, 5.74) is 0. The Morgan fingerprint density at radius 3 is 2.00 bits per heavy atom. The minimum Gasteiger partial charge on any atom is -0.343 e. The van der Waals surface area contributed by atoms with Crippen LogP contribution in [0.25, 0.3) is 0 Å². The van der Waals surface area contributed by atoms with Gasteiger partial charge in [-0.05, 0) is 31.1 Å². The smallest absolute Gasteiger partial charge is 0.223 e. The molecule has 0 unspecified atom stereocenters. The van der Waals surface area contributed by atoms with E-state index >= 15 is 0 Å². The number of hydrogen-bond donors (Lipinski definition) is 0. The van der Waals surface area contributed by atoms with E-state index in [1.165, 1.54) is 45.2 Å². The molecule has 0 bridgehead atoms. The quantitative estimate of drug-likeness (QED) is 0.699. The molecule has 2 aliphatic heterocycles. The van der Waals surface area contributed by atoms with Gasteiger partial charge in [-0.2, -0.15) is 0 Å². The van der Waals surface area contributed by atoms with Crippen molar-refractivity contribution in [1.82, 2.24) is 9.80 Å². The number of hydrogen-bond acceptors (Lipinski definition) is 2. The van der Waals surface area contributed by atoms with Gasteiger partial charge in [-0.3, -0.25) is 4.79 Å². The molecule has 0 atom stereocenters. The van der Waals surface area contributed by atoms with Crippen molar-refractivity contribution < 1.29 is 4.79 Å². The number of rotatable bonds is 6. The Morgan fingerprint density at radius 1 is 0.957 bits per heavy atom. The van der Waals surface area contributed by atoms with Crippen LogP contribution in [0, 0.1) is 11.8 Å². The van der Waals surface area contributed by atoms with Crippen LogP contribution in [0.1, 0.15) is 80.1 Å². The third-order valence-corrected chi connectivity index (χ3v) is 4.92. The van der Waals surface area contributed by atoms with Crippen molar-refractivity contribution in [3.05, 3.63) is 0 Å². The topological polar surface area (TPSA) is 23.6 Å². The Hall–Kier alpha value is -0.570. The van der Waals surface area contributed by atoms with Gasteiger partial charge in [0.05, 0.1) is 0 Å². The molecule has 2 saturated heterocycles.